The number of likely N-dealkylation sites (N-methyl/N-ethyl adjacent to an activating group) is 1. The lowest BCUT2D eigenvalue weighted by atomic mass is 9.96. The quantitative estimate of drug-likeness (QED) is 0.289. The Labute approximate surface area is 234 Å². The van der Waals surface area contributed by atoms with E-state index in [1.54, 1.807) is 13.0 Å². The van der Waals surface area contributed by atoms with Crippen molar-refractivity contribution in [2.45, 2.75) is 26.3 Å². The highest BCUT2D eigenvalue weighted by atomic mass is 35.5. The maximum absolute atomic E-state index is 14.2. The number of hydrogen-bond donors (Lipinski definition) is 2. The third kappa shape index (κ3) is 6.32. The molecule has 0 unspecified atom stereocenters. The number of halogens is 2. The standard InChI is InChI=1S/C27H28ClFN6O3S/c1-15(36)14-35-23(16(2)19-13-17(29)9-10-20(19)28)24(31-25(35)27(38)30-11-12-34(3)4)32-26(37)22-18-7-5-6-8-21(18)39-33-22/h5-10,13,16H,11-12,14H2,1-4H3,(H,30,38)(H,32,37)/t16-/m1/s1. The third-order valence-electron chi connectivity index (χ3n) is 6.09. The highest BCUT2D eigenvalue weighted by Gasteiger charge is 2.30. The van der Waals surface area contributed by atoms with Crippen LogP contribution in [0.25, 0.3) is 10.1 Å². The second-order valence-electron chi connectivity index (χ2n) is 9.39. The number of carbonyl (C=O) groups excluding carboxylic acids is 3. The molecule has 0 bridgehead atoms. The highest BCUT2D eigenvalue weighted by molar-refractivity contribution is 7.13. The first kappa shape index (κ1) is 28.3. The molecule has 1 atom stereocenters. The zero-order valence-electron chi connectivity index (χ0n) is 21.9. The first-order chi connectivity index (χ1) is 18.6. The van der Waals surface area contributed by atoms with Crippen molar-refractivity contribution in [1.29, 1.82) is 0 Å². The van der Waals surface area contributed by atoms with Gasteiger partial charge in [0.15, 0.2) is 5.82 Å². The van der Waals surface area contributed by atoms with Crippen molar-refractivity contribution in [2.24, 2.45) is 0 Å². The third-order valence-corrected chi connectivity index (χ3v) is 7.27. The molecule has 0 saturated carbocycles. The Hall–Kier alpha value is -3.67. The minimum Gasteiger partial charge on any atom is -0.348 e. The summed E-state index contributed by atoms with van der Waals surface area (Å²) < 4.78 is 20.8. The number of Topliss-reactive ketones (excluding diaryl/α,β-unsaturated/α-hetero) is 1. The molecule has 2 N–H and O–H groups in total. The smallest absolute Gasteiger partial charge is 0.287 e. The van der Waals surface area contributed by atoms with Crippen molar-refractivity contribution in [3.63, 3.8) is 0 Å². The van der Waals surface area contributed by atoms with E-state index in [1.807, 2.05) is 37.2 Å². The van der Waals surface area contributed by atoms with Crippen molar-refractivity contribution in [3.8, 4) is 0 Å². The molecule has 4 aromatic rings. The molecule has 204 valence electrons. The molecule has 0 fully saturated rings. The Morgan fingerprint density at radius 3 is 2.62 bits per heavy atom. The maximum atomic E-state index is 14.2. The van der Waals surface area contributed by atoms with E-state index < -0.39 is 23.5 Å². The summed E-state index contributed by atoms with van der Waals surface area (Å²) in [5.41, 5.74) is 0.954. The van der Waals surface area contributed by atoms with E-state index in [1.165, 1.54) is 41.2 Å². The molecule has 2 aromatic heterocycles. The van der Waals surface area contributed by atoms with Gasteiger partial charge < -0.3 is 20.1 Å². The topological polar surface area (TPSA) is 109 Å². The van der Waals surface area contributed by atoms with Gasteiger partial charge in [-0.25, -0.2) is 9.37 Å². The summed E-state index contributed by atoms with van der Waals surface area (Å²) in [4.78, 5) is 45.3. The molecule has 0 saturated heterocycles. The van der Waals surface area contributed by atoms with Gasteiger partial charge in [-0.05, 0) is 62.4 Å². The van der Waals surface area contributed by atoms with Crippen LogP contribution in [0.2, 0.25) is 5.02 Å². The molecule has 4 rings (SSSR count). The fourth-order valence-corrected chi connectivity index (χ4v) is 5.29. The lowest BCUT2D eigenvalue weighted by molar-refractivity contribution is -0.117. The van der Waals surface area contributed by atoms with Gasteiger partial charge in [0.25, 0.3) is 11.8 Å². The number of aromatic nitrogens is 3. The number of nitrogens with one attached hydrogen (secondary N) is 2. The van der Waals surface area contributed by atoms with Crippen LogP contribution in [0.5, 0.6) is 0 Å². The number of imidazole rings is 1. The minimum absolute atomic E-state index is 0.0585. The van der Waals surface area contributed by atoms with Gasteiger partial charge in [0, 0.05) is 29.4 Å². The van der Waals surface area contributed by atoms with E-state index in [-0.39, 0.29) is 29.7 Å². The molecular formula is C27H28ClFN6O3S. The number of nitrogens with zero attached hydrogens (tertiary/aromatic N) is 4. The van der Waals surface area contributed by atoms with Gasteiger partial charge in [-0.1, -0.05) is 36.7 Å². The highest BCUT2D eigenvalue weighted by Crippen LogP contribution is 2.36. The van der Waals surface area contributed by atoms with E-state index >= 15 is 0 Å². The fraction of sp³-hybridized carbons (Fsp3) is 0.296. The van der Waals surface area contributed by atoms with Gasteiger partial charge in [0.2, 0.25) is 5.82 Å². The molecule has 0 spiro atoms. The summed E-state index contributed by atoms with van der Waals surface area (Å²) >= 11 is 7.62. The summed E-state index contributed by atoms with van der Waals surface area (Å²) in [5, 5.41) is 6.56. The van der Waals surface area contributed by atoms with E-state index in [4.69, 9.17) is 11.6 Å². The molecular weight excluding hydrogens is 543 g/mol. The number of ketones is 1. The predicted molar refractivity (Wildman–Crippen MR) is 150 cm³/mol. The normalized spacial score (nSPS) is 12.1. The van der Waals surface area contributed by atoms with Crippen LogP contribution in [0.1, 0.15) is 52.1 Å². The SMILES string of the molecule is CC(=O)Cn1c(C(=O)NCCN(C)C)nc(NC(=O)c2nsc3ccccc23)c1[C@H](C)c1cc(F)ccc1Cl. The van der Waals surface area contributed by atoms with Crippen molar-refractivity contribution in [2.75, 3.05) is 32.5 Å². The lowest BCUT2D eigenvalue weighted by Gasteiger charge is -2.19. The van der Waals surface area contributed by atoms with Gasteiger partial charge in [-0.15, -0.1) is 0 Å². The van der Waals surface area contributed by atoms with Crippen LogP contribution in [-0.2, 0) is 11.3 Å². The van der Waals surface area contributed by atoms with Crippen LogP contribution in [-0.4, -0.2) is 63.6 Å². The summed E-state index contributed by atoms with van der Waals surface area (Å²) in [6, 6.07) is 11.3. The number of rotatable bonds is 10. The summed E-state index contributed by atoms with van der Waals surface area (Å²) in [5.74, 6) is -2.43. The molecule has 12 heteroatoms. The average molecular weight is 571 g/mol. The first-order valence-electron chi connectivity index (χ1n) is 12.2. The van der Waals surface area contributed by atoms with Crippen LogP contribution in [0, 0.1) is 5.82 Å². The molecule has 2 aromatic carbocycles. The zero-order chi connectivity index (χ0) is 28.3. The number of amides is 2. The Balaban J connectivity index is 1.83. The van der Waals surface area contributed by atoms with Crippen LogP contribution in [0.4, 0.5) is 10.2 Å². The number of hydrogen-bond acceptors (Lipinski definition) is 7. The largest absolute Gasteiger partial charge is 0.348 e. The fourth-order valence-electron chi connectivity index (χ4n) is 4.23. The van der Waals surface area contributed by atoms with Crippen molar-refractivity contribution in [1.82, 2.24) is 24.1 Å². The van der Waals surface area contributed by atoms with Gasteiger partial charge >= 0.3 is 0 Å². The molecule has 9 nitrogen and oxygen atoms in total. The Kier molecular flexibility index (Phi) is 8.73. The molecule has 0 aliphatic carbocycles. The Morgan fingerprint density at radius 2 is 1.90 bits per heavy atom. The van der Waals surface area contributed by atoms with Crippen LogP contribution >= 0.6 is 23.1 Å². The van der Waals surface area contributed by atoms with Gasteiger partial charge in [0.1, 0.15) is 17.3 Å². The molecule has 2 heterocycles. The number of fused-ring (bicyclic) bond motifs is 1. The maximum Gasteiger partial charge on any atom is 0.287 e. The first-order valence-corrected chi connectivity index (χ1v) is 13.4. The predicted octanol–water partition coefficient (Wildman–Crippen LogP) is 4.57. The Morgan fingerprint density at radius 1 is 1.15 bits per heavy atom. The lowest BCUT2D eigenvalue weighted by Crippen LogP contribution is -2.33. The van der Waals surface area contributed by atoms with E-state index in [0.717, 1.165) is 4.70 Å². The van der Waals surface area contributed by atoms with Crippen molar-refractivity contribution in [3.05, 3.63) is 76.1 Å². The van der Waals surface area contributed by atoms with Crippen LogP contribution < -0.4 is 10.6 Å². The molecule has 0 aliphatic heterocycles. The van der Waals surface area contributed by atoms with Crippen molar-refractivity contribution < 1.29 is 18.8 Å². The molecule has 0 aliphatic rings. The van der Waals surface area contributed by atoms with E-state index in [2.05, 4.69) is 20.0 Å². The van der Waals surface area contributed by atoms with Crippen LogP contribution in [0.15, 0.2) is 42.5 Å². The number of benzene rings is 2. The van der Waals surface area contributed by atoms with E-state index in [0.29, 0.717) is 34.8 Å². The summed E-state index contributed by atoms with van der Waals surface area (Å²) in [6.07, 6.45) is 0. The van der Waals surface area contributed by atoms with Gasteiger partial charge in [0.05, 0.1) is 16.9 Å². The molecule has 39 heavy (non-hydrogen) atoms. The minimum atomic E-state index is -0.647. The van der Waals surface area contributed by atoms with Crippen molar-refractivity contribution >= 4 is 56.6 Å². The Bertz CT molecular complexity index is 1550. The number of carbonyl (C=O) groups is 3. The molecule has 0 radical (unpaired) electrons. The van der Waals surface area contributed by atoms with Crippen LogP contribution in [0.3, 0.4) is 0 Å². The second-order valence-corrected chi connectivity index (χ2v) is 10.6. The van der Waals surface area contributed by atoms with Gasteiger partial charge in [-0.3, -0.25) is 14.4 Å². The number of anilines is 1. The second kappa shape index (κ2) is 12.0. The van der Waals surface area contributed by atoms with Gasteiger partial charge in [-0.2, -0.15) is 4.37 Å². The monoisotopic (exact) mass is 570 g/mol. The average Bonchev–Trinajstić information content (AvgIpc) is 3.46. The summed E-state index contributed by atoms with van der Waals surface area (Å²) in [7, 11) is 3.75. The summed E-state index contributed by atoms with van der Waals surface area (Å²) in [6.45, 7) is 3.87. The zero-order valence-corrected chi connectivity index (χ0v) is 23.5. The van der Waals surface area contributed by atoms with E-state index in [9.17, 15) is 18.8 Å². The molecule has 2 amide bonds.